The predicted molar refractivity (Wildman–Crippen MR) is 89.4 cm³/mol. The van der Waals surface area contributed by atoms with Crippen molar-refractivity contribution >= 4 is 0 Å². The van der Waals surface area contributed by atoms with Crippen molar-refractivity contribution in [1.82, 2.24) is 4.90 Å². The highest BCUT2D eigenvalue weighted by Gasteiger charge is 2.19. The topological polar surface area (TPSA) is 29.3 Å². The van der Waals surface area contributed by atoms with Crippen molar-refractivity contribution in [3.63, 3.8) is 0 Å². The number of likely N-dealkylation sites (N-methyl/N-ethyl adjacent to an activating group) is 1. The zero-order valence-electron chi connectivity index (χ0n) is 13.0. The molecule has 2 nitrogen and oxygen atoms in total. The monoisotopic (exact) mass is 280 g/mol. The van der Waals surface area contributed by atoms with Crippen LogP contribution in [0, 0.1) is 0 Å². The molecule has 2 heteroatoms. The van der Waals surface area contributed by atoms with Crippen molar-refractivity contribution in [3.8, 4) is 11.1 Å². The zero-order chi connectivity index (χ0) is 14.8. The Hall–Kier alpha value is -1.64. The van der Waals surface area contributed by atoms with Crippen LogP contribution in [0.15, 0.2) is 42.5 Å². The van der Waals surface area contributed by atoms with Crippen LogP contribution < -0.4 is 5.73 Å². The van der Waals surface area contributed by atoms with E-state index in [0.717, 1.165) is 19.5 Å². The van der Waals surface area contributed by atoms with Gasteiger partial charge in [0.1, 0.15) is 0 Å². The molecular weight excluding hydrogens is 256 g/mol. The van der Waals surface area contributed by atoms with Crippen LogP contribution >= 0.6 is 0 Å². The molecular formula is C19H24N2. The number of hydrogen-bond donors (Lipinski definition) is 1. The van der Waals surface area contributed by atoms with Crippen molar-refractivity contribution in [2.24, 2.45) is 5.73 Å². The lowest BCUT2D eigenvalue weighted by Crippen LogP contribution is -2.29. The van der Waals surface area contributed by atoms with Crippen LogP contribution in [0.5, 0.6) is 0 Å². The summed E-state index contributed by atoms with van der Waals surface area (Å²) in [5.74, 6) is 0. The molecule has 1 atom stereocenters. The number of nitrogens with two attached hydrogens (primary N) is 1. The Morgan fingerprint density at radius 3 is 2.67 bits per heavy atom. The third-order valence-electron chi connectivity index (χ3n) is 4.36. The van der Waals surface area contributed by atoms with E-state index in [-0.39, 0.29) is 6.04 Å². The van der Waals surface area contributed by atoms with Crippen molar-refractivity contribution in [2.75, 3.05) is 20.1 Å². The van der Waals surface area contributed by atoms with E-state index in [9.17, 15) is 0 Å². The average molecular weight is 280 g/mol. The number of hydrogen-bond acceptors (Lipinski definition) is 2. The number of nitrogens with zero attached hydrogens (tertiary/aromatic N) is 1. The maximum Gasteiger partial charge on any atom is 0.0424 e. The fourth-order valence-corrected chi connectivity index (χ4v) is 3.31. The number of rotatable bonds is 5. The van der Waals surface area contributed by atoms with E-state index in [1.807, 2.05) is 0 Å². The molecule has 0 aromatic heterocycles. The Bertz CT molecular complexity index is 633. The van der Waals surface area contributed by atoms with Crippen LogP contribution in [-0.2, 0) is 6.42 Å². The van der Waals surface area contributed by atoms with Gasteiger partial charge in [-0.1, -0.05) is 49.4 Å². The van der Waals surface area contributed by atoms with E-state index >= 15 is 0 Å². The predicted octanol–water partition coefficient (Wildman–Crippen LogP) is 3.60. The Morgan fingerprint density at radius 1 is 1.10 bits per heavy atom. The summed E-state index contributed by atoms with van der Waals surface area (Å²) in [6, 6.07) is 15.5. The molecule has 21 heavy (non-hydrogen) atoms. The SMILES string of the molecule is CCCN(C)CC(N)c1ccc2c(c1)Cc1ccccc1-2. The summed E-state index contributed by atoms with van der Waals surface area (Å²) in [7, 11) is 2.15. The van der Waals surface area contributed by atoms with Crippen LogP contribution in [-0.4, -0.2) is 25.0 Å². The molecule has 0 saturated carbocycles. The molecule has 3 rings (SSSR count). The first-order valence-corrected chi connectivity index (χ1v) is 7.84. The minimum Gasteiger partial charge on any atom is -0.323 e. The van der Waals surface area contributed by atoms with Crippen LogP contribution in [0.3, 0.4) is 0 Å². The lowest BCUT2D eigenvalue weighted by atomic mass is 9.99. The van der Waals surface area contributed by atoms with Crippen molar-refractivity contribution < 1.29 is 0 Å². The summed E-state index contributed by atoms with van der Waals surface area (Å²) >= 11 is 0. The van der Waals surface area contributed by atoms with Crippen LogP contribution in [0.1, 0.15) is 36.1 Å². The van der Waals surface area contributed by atoms with Gasteiger partial charge in [0.2, 0.25) is 0 Å². The Balaban J connectivity index is 1.80. The van der Waals surface area contributed by atoms with Crippen LogP contribution in [0.4, 0.5) is 0 Å². The van der Waals surface area contributed by atoms with Gasteiger partial charge in [0, 0.05) is 12.6 Å². The summed E-state index contributed by atoms with van der Waals surface area (Å²) in [5.41, 5.74) is 13.3. The summed E-state index contributed by atoms with van der Waals surface area (Å²) < 4.78 is 0. The van der Waals surface area contributed by atoms with Gasteiger partial charge in [0.15, 0.2) is 0 Å². The summed E-state index contributed by atoms with van der Waals surface area (Å²) in [6.07, 6.45) is 2.21. The second-order valence-electron chi connectivity index (χ2n) is 6.12. The average Bonchev–Trinajstić information content (AvgIpc) is 2.85. The van der Waals surface area contributed by atoms with Gasteiger partial charge < -0.3 is 10.6 Å². The minimum absolute atomic E-state index is 0.0931. The van der Waals surface area contributed by atoms with Gasteiger partial charge in [-0.25, -0.2) is 0 Å². The van der Waals surface area contributed by atoms with E-state index in [4.69, 9.17) is 5.73 Å². The Kier molecular flexibility index (Phi) is 4.09. The van der Waals surface area contributed by atoms with Gasteiger partial charge in [-0.15, -0.1) is 0 Å². The molecule has 0 spiro atoms. The lowest BCUT2D eigenvalue weighted by Gasteiger charge is -2.21. The third-order valence-corrected chi connectivity index (χ3v) is 4.36. The molecule has 0 amide bonds. The van der Waals surface area contributed by atoms with Gasteiger partial charge in [0.25, 0.3) is 0 Å². The van der Waals surface area contributed by atoms with E-state index in [1.54, 1.807) is 0 Å². The Labute approximate surface area is 127 Å². The van der Waals surface area contributed by atoms with Gasteiger partial charge in [0.05, 0.1) is 0 Å². The molecule has 1 aliphatic carbocycles. The zero-order valence-corrected chi connectivity index (χ0v) is 13.0. The normalized spacial score (nSPS) is 14.1. The second kappa shape index (κ2) is 6.00. The highest BCUT2D eigenvalue weighted by molar-refractivity contribution is 5.76. The maximum absolute atomic E-state index is 6.38. The molecule has 0 aliphatic heterocycles. The highest BCUT2D eigenvalue weighted by Crippen LogP contribution is 2.37. The Morgan fingerprint density at radius 2 is 1.86 bits per heavy atom. The third kappa shape index (κ3) is 2.87. The molecule has 2 aromatic carbocycles. The lowest BCUT2D eigenvalue weighted by molar-refractivity contribution is 0.313. The molecule has 0 bridgehead atoms. The number of fused-ring (bicyclic) bond motifs is 3. The minimum atomic E-state index is 0.0931. The fourth-order valence-electron chi connectivity index (χ4n) is 3.31. The fraction of sp³-hybridized carbons (Fsp3) is 0.368. The molecule has 0 radical (unpaired) electrons. The molecule has 2 aromatic rings. The first-order chi connectivity index (χ1) is 10.2. The highest BCUT2D eigenvalue weighted by atomic mass is 15.1. The molecule has 2 N–H and O–H groups in total. The van der Waals surface area contributed by atoms with Crippen molar-refractivity contribution in [1.29, 1.82) is 0 Å². The van der Waals surface area contributed by atoms with E-state index in [1.165, 1.54) is 34.2 Å². The standard InChI is InChI=1S/C19H24N2/c1-3-10-21(2)13-19(20)15-8-9-18-16(12-15)11-14-6-4-5-7-17(14)18/h4-9,12,19H,3,10-11,13,20H2,1-2H3. The van der Waals surface area contributed by atoms with E-state index in [2.05, 4.69) is 61.3 Å². The largest absolute Gasteiger partial charge is 0.323 e. The van der Waals surface area contributed by atoms with Gasteiger partial charge in [-0.2, -0.15) is 0 Å². The molecule has 1 unspecified atom stereocenters. The maximum atomic E-state index is 6.38. The van der Waals surface area contributed by atoms with Crippen LogP contribution in [0.2, 0.25) is 0 Å². The van der Waals surface area contributed by atoms with Gasteiger partial charge in [-0.05, 0) is 54.3 Å². The molecule has 0 heterocycles. The summed E-state index contributed by atoms with van der Waals surface area (Å²) in [6.45, 7) is 4.22. The number of benzene rings is 2. The second-order valence-corrected chi connectivity index (χ2v) is 6.12. The summed E-state index contributed by atoms with van der Waals surface area (Å²) in [5, 5.41) is 0. The van der Waals surface area contributed by atoms with Gasteiger partial charge >= 0.3 is 0 Å². The molecule has 0 saturated heterocycles. The summed E-state index contributed by atoms with van der Waals surface area (Å²) in [4.78, 5) is 2.31. The molecule has 110 valence electrons. The smallest absolute Gasteiger partial charge is 0.0424 e. The molecule has 0 fully saturated rings. The van der Waals surface area contributed by atoms with Crippen molar-refractivity contribution in [3.05, 3.63) is 59.2 Å². The van der Waals surface area contributed by atoms with Gasteiger partial charge in [-0.3, -0.25) is 0 Å². The van der Waals surface area contributed by atoms with Crippen molar-refractivity contribution in [2.45, 2.75) is 25.8 Å². The van der Waals surface area contributed by atoms with E-state index < -0.39 is 0 Å². The first-order valence-electron chi connectivity index (χ1n) is 7.84. The quantitative estimate of drug-likeness (QED) is 0.773. The van der Waals surface area contributed by atoms with Crippen LogP contribution in [0.25, 0.3) is 11.1 Å². The first kappa shape index (κ1) is 14.3. The molecule has 1 aliphatic rings. The van der Waals surface area contributed by atoms with E-state index in [0.29, 0.717) is 0 Å².